The summed E-state index contributed by atoms with van der Waals surface area (Å²) in [7, 11) is 0. The Balaban J connectivity index is 0.00000144. The minimum atomic E-state index is 0. The van der Waals surface area contributed by atoms with Crippen molar-refractivity contribution in [3.05, 3.63) is 11.7 Å². The fourth-order valence-corrected chi connectivity index (χ4v) is 2.05. The third-order valence-electron chi connectivity index (χ3n) is 2.55. The number of morpholine rings is 1. The molecule has 0 amide bonds. The first kappa shape index (κ1) is 14.4. The van der Waals surface area contributed by atoms with Gasteiger partial charge in [-0.25, -0.2) is 0 Å². The molecular formula is C10H19ClN4O2. The maximum absolute atomic E-state index is 5.65. The van der Waals surface area contributed by atoms with Crippen LogP contribution in [0, 0.1) is 0 Å². The molecular weight excluding hydrogens is 244 g/mol. The Kier molecular flexibility index (Phi) is 5.32. The first-order valence-electron chi connectivity index (χ1n) is 5.56. The summed E-state index contributed by atoms with van der Waals surface area (Å²) < 4.78 is 10.6. The van der Waals surface area contributed by atoms with Crippen LogP contribution in [0.15, 0.2) is 4.52 Å². The summed E-state index contributed by atoms with van der Waals surface area (Å²) in [5, 5.41) is 3.88. The number of ether oxygens (including phenoxy) is 1. The van der Waals surface area contributed by atoms with E-state index >= 15 is 0 Å². The van der Waals surface area contributed by atoms with Crippen LogP contribution in [0.1, 0.15) is 25.6 Å². The van der Waals surface area contributed by atoms with Gasteiger partial charge < -0.3 is 15.0 Å². The lowest BCUT2D eigenvalue weighted by Crippen LogP contribution is -2.45. The number of nitrogens with zero attached hydrogens (tertiary/aromatic N) is 3. The summed E-state index contributed by atoms with van der Waals surface area (Å²) in [5.74, 6) is 1.19. The molecule has 2 rings (SSSR count). The zero-order valence-electron chi connectivity index (χ0n) is 10.1. The highest BCUT2D eigenvalue weighted by Gasteiger charge is 2.23. The normalized spacial score (nSPS) is 25.6. The smallest absolute Gasteiger partial charge is 0.240 e. The van der Waals surface area contributed by atoms with E-state index in [1.165, 1.54) is 0 Å². The molecule has 98 valence electrons. The summed E-state index contributed by atoms with van der Waals surface area (Å²) in [6.07, 6.45) is 0.509. The van der Waals surface area contributed by atoms with Gasteiger partial charge in [-0.15, -0.1) is 12.4 Å². The molecule has 1 aromatic heterocycles. The van der Waals surface area contributed by atoms with Crippen LogP contribution in [-0.2, 0) is 17.8 Å². The van der Waals surface area contributed by atoms with E-state index in [1.54, 1.807) is 0 Å². The van der Waals surface area contributed by atoms with Gasteiger partial charge in [0, 0.05) is 13.1 Å². The zero-order chi connectivity index (χ0) is 11.5. The van der Waals surface area contributed by atoms with Crippen LogP contribution >= 0.6 is 12.4 Å². The van der Waals surface area contributed by atoms with Crippen molar-refractivity contribution in [1.82, 2.24) is 15.0 Å². The van der Waals surface area contributed by atoms with E-state index in [4.69, 9.17) is 15.0 Å². The number of rotatable bonds is 3. The van der Waals surface area contributed by atoms with Crippen molar-refractivity contribution in [3.63, 3.8) is 0 Å². The highest BCUT2D eigenvalue weighted by atomic mass is 35.5. The van der Waals surface area contributed by atoms with Crippen LogP contribution in [0.3, 0.4) is 0 Å². The van der Waals surface area contributed by atoms with Gasteiger partial charge in [0.15, 0.2) is 5.82 Å². The fraction of sp³-hybridized carbons (Fsp3) is 0.800. The second-order valence-corrected chi connectivity index (χ2v) is 4.26. The molecule has 1 saturated heterocycles. The highest BCUT2D eigenvalue weighted by molar-refractivity contribution is 5.85. The van der Waals surface area contributed by atoms with Crippen LogP contribution in [0.4, 0.5) is 0 Å². The van der Waals surface area contributed by atoms with Crippen LogP contribution in [0.5, 0.6) is 0 Å². The minimum Gasteiger partial charge on any atom is -0.373 e. The molecule has 0 aromatic carbocycles. The maximum Gasteiger partial charge on any atom is 0.240 e. The Morgan fingerprint density at radius 3 is 2.53 bits per heavy atom. The summed E-state index contributed by atoms with van der Waals surface area (Å²) >= 11 is 0. The van der Waals surface area contributed by atoms with Crippen molar-refractivity contribution in [1.29, 1.82) is 0 Å². The monoisotopic (exact) mass is 262 g/mol. The highest BCUT2D eigenvalue weighted by Crippen LogP contribution is 2.12. The van der Waals surface area contributed by atoms with Crippen molar-refractivity contribution in [2.45, 2.75) is 39.1 Å². The molecule has 1 aliphatic rings. The SMILES string of the molecule is CC1CN(Cc2noc(CN)n2)CC(C)O1.Cl. The lowest BCUT2D eigenvalue weighted by atomic mass is 10.2. The van der Waals surface area contributed by atoms with Crippen molar-refractivity contribution in [3.8, 4) is 0 Å². The predicted molar refractivity (Wildman–Crippen MR) is 64.7 cm³/mol. The van der Waals surface area contributed by atoms with E-state index in [1.807, 2.05) is 0 Å². The molecule has 2 N–H and O–H groups in total. The van der Waals surface area contributed by atoms with E-state index in [0.717, 1.165) is 13.1 Å². The number of nitrogens with two attached hydrogens (primary N) is 1. The van der Waals surface area contributed by atoms with Gasteiger partial charge in [0.1, 0.15) is 0 Å². The topological polar surface area (TPSA) is 77.4 Å². The van der Waals surface area contributed by atoms with E-state index in [0.29, 0.717) is 24.8 Å². The molecule has 2 atom stereocenters. The molecule has 17 heavy (non-hydrogen) atoms. The molecule has 0 bridgehead atoms. The van der Waals surface area contributed by atoms with Crippen LogP contribution in [-0.4, -0.2) is 40.3 Å². The minimum absolute atomic E-state index is 0. The predicted octanol–water partition coefficient (Wildman–Crippen LogP) is 0.559. The Bertz CT molecular complexity index is 337. The first-order chi connectivity index (χ1) is 7.67. The lowest BCUT2D eigenvalue weighted by Gasteiger charge is -2.34. The molecule has 0 aliphatic carbocycles. The molecule has 7 heteroatoms. The van der Waals surface area contributed by atoms with E-state index in [9.17, 15) is 0 Å². The van der Waals surface area contributed by atoms with Crippen LogP contribution < -0.4 is 5.73 Å². The number of hydrogen-bond donors (Lipinski definition) is 1. The third-order valence-corrected chi connectivity index (χ3v) is 2.55. The molecule has 2 heterocycles. The van der Waals surface area contributed by atoms with Gasteiger partial charge in [-0.2, -0.15) is 4.98 Å². The van der Waals surface area contributed by atoms with Crippen molar-refractivity contribution in [2.24, 2.45) is 5.73 Å². The number of aromatic nitrogens is 2. The Hall–Kier alpha value is -0.690. The van der Waals surface area contributed by atoms with E-state index < -0.39 is 0 Å². The first-order valence-corrected chi connectivity index (χ1v) is 5.56. The van der Waals surface area contributed by atoms with Gasteiger partial charge >= 0.3 is 0 Å². The maximum atomic E-state index is 5.65. The van der Waals surface area contributed by atoms with Gasteiger partial charge in [-0.3, -0.25) is 4.90 Å². The second kappa shape index (κ2) is 6.30. The lowest BCUT2D eigenvalue weighted by molar-refractivity contribution is -0.0711. The fourth-order valence-electron chi connectivity index (χ4n) is 2.05. The molecule has 0 radical (unpaired) electrons. The molecule has 0 spiro atoms. The summed E-state index contributed by atoms with van der Waals surface area (Å²) in [6.45, 7) is 6.94. The summed E-state index contributed by atoms with van der Waals surface area (Å²) in [4.78, 5) is 6.46. The standard InChI is InChI=1S/C10H18N4O2.ClH/c1-7-4-14(5-8(2)15-7)6-9-12-10(3-11)16-13-9;/h7-8H,3-6,11H2,1-2H3;1H. The average molecular weight is 263 g/mol. The molecule has 1 aromatic rings. The second-order valence-electron chi connectivity index (χ2n) is 4.26. The third kappa shape index (κ3) is 3.92. The molecule has 6 nitrogen and oxygen atoms in total. The largest absolute Gasteiger partial charge is 0.373 e. The Morgan fingerprint density at radius 2 is 2.00 bits per heavy atom. The number of hydrogen-bond acceptors (Lipinski definition) is 6. The Labute approximate surface area is 107 Å². The summed E-state index contributed by atoms with van der Waals surface area (Å²) in [6, 6.07) is 0. The van der Waals surface area contributed by atoms with Gasteiger partial charge in [-0.05, 0) is 13.8 Å². The quantitative estimate of drug-likeness (QED) is 0.858. The van der Waals surface area contributed by atoms with Gasteiger partial charge in [0.05, 0.1) is 25.3 Å². The Morgan fingerprint density at radius 1 is 1.35 bits per heavy atom. The van der Waals surface area contributed by atoms with Crippen molar-refractivity contribution < 1.29 is 9.26 Å². The number of halogens is 1. The van der Waals surface area contributed by atoms with Crippen LogP contribution in [0.25, 0.3) is 0 Å². The van der Waals surface area contributed by atoms with Crippen molar-refractivity contribution in [2.75, 3.05) is 13.1 Å². The zero-order valence-corrected chi connectivity index (χ0v) is 10.9. The molecule has 2 unspecified atom stereocenters. The van der Waals surface area contributed by atoms with E-state index in [2.05, 4.69) is 28.9 Å². The van der Waals surface area contributed by atoms with Crippen molar-refractivity contribution >= 4 is 12.4 Å². The molecule has 0 saturated carbocycles. The molecule has 1 aliphatic heterocycles. The molecule has 1 fully saturated rings. The summed E-state index contributed by atoms with van der Waals surface area (Å²) in [5.41, 5.74) is 5.41. The van der Waals surface area contributed by atoms with Gasteiger partial charge in [0.2, 0.25) is 5.89 Å². The van der Waals surface area contributed by atoms with Gasteiger partial charge in [0.25, 0.3) is 0 Å². The van der Waals surface area contributed by atoms with Gasteiger partial charge in [-0.1, -0.05) is 5.16 Å². The average Bonchev–Trinajstić information content (AvgIpc) is 2.64. The van der Waals surface area contributed by atoms with E-state index in [-0.39, 0.29) is 24.6 Å². The van der Waals surface area contributed by atoms with Crippen LogP contribution in [0.2, 0.25) is 0 Å².